The maximum Gasteiger partial charge on any atom is 0.400 e. The van der Waals surface area contributed by atoms with Crippen molar-refractivity contribution in [3.63, 3.8) is 0 Å². The lowest BCUT2D eigenvalue weighted by molar-refractivity contribution is -0.224. The molecule has 0 aliphatic heterocycles. The van der Waals surface area contributed by atoms with Crippen molar-refractivity contribution in [2.75, 3.05) is 6.61 Å². The highest BCUT2D eigenvalue weighted by molar-refractivity contribution is 5.67. The molecule has 2 aromatic rings. The first-order valence-electron chi connectivity index (χ1n) is 10.9. The molecule has 0 radical (unpaired) electrons. The smallest absolute Gasteiger partial charge is 0.400 e. The summed E-state index contributed by atoms with van der Waals surface area (Å²) in [5, 5.41) is 0. The fraction of sp³-hybridized carbons (Fsp3) is 0.500. The summed E-state index contributed by atoms with van der Waals surface area (Å²) in [6, 6.07) is 3.81. The Labute approximate surface area is 183 Å². The van der Waals surface area contributed by atoms with Crippen LogP contribution in [0.2, 0.25) is 0 Å². The van der Waals surface area contributed by atoms with Gasteiger partial charge in [-0.05, 0) is 62.8 Å². The van der Waals surface area contributed by atoms with Gasteiger partial charge in [0.1, 0.15) is 0 Å². The van der Waals surface area contributed by atoms with Crippen molar-refractivity contribution in [2.45, 2.75) is 58.5 Å². The molecule has 2 nitrogen and oxygen atoms in total. The summed E-state index contributed by atoms with van der Waals surface area (Å²) < 4.78 is 96.5. The van der Waals surface area contributed by atoms with Gasteiger partial charge >= 0.3 is 6.11 Å². The van der Waals surface area contributed by atoms with Gasteiger partial charge < -0.3 is 9.47 Å². The van der Waals surface area contributed by atoms with Gasteiger partial charge in [-0.2, -0.15) is 17.6 Å². The number of ether oxygens (including phenoxy) is 2. The zero-order valence-electron chi connectivity index (χ0n) is 18.0. The van der Waals surface area contributed by atoms with Gasteiger partial charge in [-0.1, -0.05) is 19.8 Å². The van der Waals surface area contributed by atoms with E-state index in [4.69, 9.17) is 4.74 Å². The Morgan fingerprint density at radius 1 is 0.781 bits per heavy atom. The van der Waals surface area contributed by atoms with Crippen molar-refractivity contribution in [1.29, 1.82) is 0 Å². The third-order valence-corrected chi connectivity index (χ3v) is 5.95. The quantitative estimate of drug-likeness (QED) is 0.373. The lowest BCUT2D eigenvalue weighted by Crippen LogP contribution is -2.37. The van der Waals surface area contributed by atoms with Gasteiger partial charge in [0.2, 0.25) is 11.6 Å². The molecule has 2 aromatic carbocycles. The van der Waals surface area contributed by atoms with Gasteiger partial charge in [-0.3, -0.25) is 0 Å². The molecule has 1 saturated carbocycles. The Morgan fingerprint density at radius 3 is 1.84 bits per heavy atom. The van der Waals surface area contributed by atoms with Crippen LogP contribution in [0.1, 0.15) is 52.4 Å². The molecule has 176 valence electrons. The Hall–Kier alpha value is -2.38. The molecular formula is C24H26F6O2. The van der Waals surface area contributed by atoms with E-state index in [-0.39, 0.29) is 25.2 Å². The van der Waals surface area contributed by atoms with E-state index in [1.807, 2.05) is 6.92 Å². The van der Waals surface area contributed by atoms with Gasteiger partial charge in [0.25, 0.3) is 0 Å². The van der Waals surface area contributed by atoms with Crippen LogP contribution < -0.4 is 9.47 Å². The number of hydrogen-bond acceptors (Lipinski definition) is 2. The van der Waals surface area contributed by atoms with Crippen LogP contribution in [0.3, 0.4) is 0 Å². The van der Waals surface area contributed by atoms with E-state index in [9.17, 15) is 26.3 Å². The Kier molecular flexibility index (Phi) is 7.62. The fourth-order valence-electron chi connectivity index (χ4n) is 4.25. The van der Waals surface area contributed by atoms with E-state index in [1.165, 1.54) is 0 Å². The number of benzene rings is 2. The normalized spacial score (nSPS) is 19.1. The Bertz CT molecular complexity index is 939. The minimum Gasteiger partial charge on any atom is -0.491 e. The Morgan fingerprint density at radius 2 is 1.31 bits per heavy atom. The van der Waals surface area contributed by atoms with Crippen LogP contribution in [0.5, 0.6) is 11.5 Å². The van der Waals surface area contributed by atoms with Crippen molar-refractivity contribution in [2.24, 2.45) is 11.8 Å². The van der Waals surface area contributed by atoms with Gasteiger partial charge in [0.15, 0.2) is 23.1 Å². The highest BCUT2D eigenvalue weighted by atomic mass is 19.3. The molecule has 0 N–H and O–H groups in total. The van der Waals surface area contributed by atoms with Crippen LogP contribution in [-0.2, 0) is 0 Å². The molecule has 0 spiro atoms. The second-order valence-electron chi connectivity index (χ2n) is 8.08. The molecule has 0 heterocycles. The summed E-state index contributed by atoms with van der Waals surface area (Å²) in [4.78, 5) is 0. The molecule has 3 rings (SSSR count). The minimum absolute atomic E-state index is 0.0825. The summed E-state index contributed by atoms with van der Waals surface area (Å²) in [6.45, 7) is 3.70. The van der Waals surface area contributed by atoms with Crippen molar-refractivity contribution in [3.8, 4) is 22.6 Å². The molecule has 0 atom stereocenters. The van der Waals surface area contributed by atoms with E-state index in [0.717, 1.165) is 37.1 Å². The molecule has 0 saturated heterocycles. The first kappa shape index (κ1) is 24.3. The molecule has 32 heavy (non-hydrogen) atoms. The second kappa shape index (κ2) is 10.0. The average molecular weight is 460 g/mol. The number of hydrogen-bond donors (Lipinski definition) is 0. The van der Waals surface area contributed by atoms with Crippen LogP contribution in [0, 0.1) is 35.1 Å². The first-order chi connectivity index (χ1) is 15.2. The van der Waals surface area contributed by atoms with Crippen molar-refractivity contribution < 1.29 is 35.8 Å². The SMILES string of the molecule is CCCC1CCC(C(F)(F)Oc2ccc(-c3ccc(OCC)c(F)c3F)c(F)c2F)CC1. The molecule has 1 aliphatic carbocycles. The van der Waals surface area contributed by atoms with Crippen LogP contribution in [0.4, 0.5) is 26.3 Å². The van der Waals surface area contributed by atoms with Crippen LogP contribution in [-0.4, -0.2) is 12.7 Å². The van der Waals surface area contributed by atoms with E-state index in [0.29, 0.717) is 18.8 Å². The summed E-state index contributed by atoms with van der Waals surface area (Å²) >= 11 is 0. The maximum atomic E-state index is 14.6. The predicted molar refractivity (Wildman–Crippen MR) is 109 cm³/mol. The van der Waals surface area contributed by atoms with Crippen LogP contribution in [0.15, 0.2) is 24.3 Å². The lowest BCUT2D eigenvalue weighted by Gasteiger charge is -2.33. The second-order valence-corrected chi connectivity index (χ2v) is 8.08. The molecule has 0 amide bonds. The third kappa shape index (κ3) is 4.99. The highest BCUT2D eigenvalue weighted by Gasteiger charge is 2.44. The molecule has 0 unspecified atom stereocenters. The summed E-state index contributed by atoms with van der Waals surface area (Å²) in [5.41, 5.74) is -1.17. The summed E-state index contributed by atoms with van der Waals surface area (Å²) in [5.74, 6) is -8.13. The zero-order valence-corrected chi connectivity index (χ0v) is 18.0. The fourth-order valence-corrected chi connectivity index (χ4v) is 4.25. The molecular weight excluding hydrogens is 434 g/mol. The number of rotatable bonds is 8. The minimum atomic E-state index is -3.68. The standard InChI is InChI=1S/C24H26F6O2/c1-3-5-14-6-8-15(9-7-14)24(29,30)32-19-13-11-17(21(26)23(19)28)16-10-12-18(31-4-2)22(27)20(16)25/h10-15H,3-9H2,1-2H3. The van der Waals surface area contributed by atoms with Crippen molar-refractivity contribution in [3.05, 3.63) is 47.5 Å². The Balaban J connectivity index is 1.81. The van der Waals surface area contributed by atoms with E-state index in [1.54, 1.807) is 6.92 Å². The molecule has 8 heteroatoms. The number of alkyl halides is 2. The molecule has 1 aliphatic rings. The van der Waals surface area contributed by atoms with E-state index >= 15 is 0 Å². The van der Waals surface area contributed by atoms with E-state index < -0.39 is 52.2 Å². The predicted octanol–water partition coefficient (Wildman–Crippen LogP) is 7.89. The van der Waals surface area contributed by atoms with Gasteiger partial charge in [0.05, 0.1) is 12.5 Å². The lowest BCUT2D eigenvalue weighted by atomic mass is 9.79. The highest BCUT2D eigenvalue weighted by Crippen LogP contribution is 2.42. The van der Waals surface area contributed by atoms with Crippen molar-refractivity contribution in [1.82, 2.24) is 0 Å². The third-order valence-electron chi connectivity index (χ3n) is 5.95. The van der Waals surface area contributed by atoms with Crippen LogP contribution in [0.25, 0.3) is 11.1 Å². The van der Waals surface area contributed by atoms with Gasteiger partial charge in [-0.15, -0.1) is 0 Å². The van der Waals surface area contributed by atoms with Gasteiger partial charge in [-0.25, -0.2) is 8.78 Å². The average Bonchev–Trinajstić information content (AvgIpc) is 2.76. The first-order valence-corrected chi connectivity index (χ1v) is 10.9. The zero-order chi connectivity index (χ0) is 23.5. The molecule has 0 bridgehead atoms. The molecule has 1 fully saturated rings. The van der Waals surface area contributed by atoms with Crippen molar-refractivity contribution >= 4 is 0 Å². The maximum absolute atomic E-state index is 14.6. The molecule has 0 aromatic heterocycles. The summed E-state index contributed by atoms with van der Waals surface area (Å²) in [7, 11) is 0. The van der Waals surface area contributed by atoms with Crippen LogP contribution >= 0.6 is 0 Å². The van der Waals surface area contributed by atoms with E-state index in [2.05, 4.69) is 4.74 Å². The monoisotopic (exact) mass is 460 g/mol. The number of halogens is 6. The largest absolute Gasteiger partial charge is 0.491 e. The summed E-state index contributed by atoms with van der Waals surface area (Å²) in [6.07, 6.45) is 0.0161. The topological polar surface area (TPSA) is 18.5 Å². The van der Waals surface area contributed by atoms with Gasteiger partial charge in [0, 0.05) is 11.1 Å².